The van der Waals surface area contributed by atoms with Gasteiger partial charge in [0.25, 0.3) is 5.56 Å². The van der Waals surface area contributed by atoms with Gasteiger partial charge in [-0.1, -0.05) is 59.8 Å². The zero-order valence-corrected chi connectivity index (χ0v) is 19.1. The van der Waals surface area contributed by atoms with Crippen LogP contribution >= 0.6 is 11.8 Å². The van der Waals surface area contributed by atoms with Crippen molar-refractivity contribution in [1.82, 2.24) is 15.3 Å². The number of benzene rings is 2. The highest BCUT2D eigenvalue weighted by atomic mass is 32.2. The number of amides is 2. The summed E-state index contributed by atoms with van der Waals surface area (Å²) in [5, 5.41) is 6.04. The first-order valence-electron chi connectivity index (χ1n) is 10.2. The maximum absolute atomic E-state index is 12.4. The van der Waals surface area contributed by atoms with Gasteiger partial charge >= 0.3 is 0 Å². The summed E-state index contributed by atoms with van der Waals surface area (Å²) in [6, 6.07) is 14.9. The Morgan fingerprint density at radius 2 is 1.69 bits per heavy atom. The number of thioether (sulfide) groups is 1. The van der Waals surface area contributed by atoms with Crippen LogP contribution in [0.5, 0.6) is 0 Å². The Morgan fingerprint density at radius 3 is 2.38 bits per heavy atom. The number of aromatic nitrogens is 2. The Kier molecular flexibility index (Phi) is 7.83. The minimum Gasteiger partial charge on any atom is -0.352 e. The van der Waals surface area contributed by atoms with E-state index < -0.39 is 0 Å². The zero-order chi connectivity index (χ0) is 23.1. The number of hydrogen-bond donors (Lipinski definition) is 3. The molecule has 0 aliphatic carbocycles. The van der Waals surface area contributed by atoms with E-state index in [4.69, 9.17) is 0 Å². The van der Waals surface area contributed by atoms with E-state index in [-0.39, 0.29) is 29.5 Å². The molecule has 3 aromatic rings. The zero-order valence-electron chi connectivity index (χ0n) is 18.3. The number of aromatic amines is 1. The maximum atomic E-state index is 12.4. The molecule has 0 bridgehead atoms. The average molecular weight is 451 g/mol. The normalized spacial score (nSPS) is 10.6. The van der Waals surface area contributed by atoms with E-state index in [1.807, 2.05) is 63.2 Å². The lowest BCUT2D eigenvalue weighted by molar-refractivity contribution is -0.120. The highest BCUT2D eigenvalue weighted by Gasteiger charge is 2.12. The lowest BCUT2D eigenvalue weighted by atomic mass is 10.1. The number of nitrogens with zero attached hydrogens (tertiary/aromatic N) is 1. The van der Waals surface area contributed by atoms with Gasteiger partial charge in [0.15, 0.2) is 5.16 Å². The van der Waals surface area contributed by atoms with E-state index in [1.54, 1.807) is 0 Å². The van der Waals surface area contributed by atoms with Gasteiger partial charge in [0.2, 0.25) is 11.8 Å². The van der Waals surface area contributed by atoms with Gasteiger partial charge in [-0.15, -0.1) is 0 Å². The molecule has 0 radical (unpaired) electrons. The molecule has 0 atom stereocenters. The van der Waals surface area contributed by atoms with Crippen molar-refractivity contribution in [3.8, 4) is 0 Å². The van der Waals surface area contributed by atoms with Gasteiger partial charge in [0, 0.05) is 18.3 Å². The lowest BCUT2D eigenvalue weighted by Crippen LogP contribution is -2.26. The second-order valence-electron chi connectivity index (χ2n) is 7.59. The smallest absolute Gasteiger partial charge is 0.251 e. The predicted octanol–water partition coefficient (Wildman–Crippen LogP) is 3.28. The third-order valence-corrected chi connectivity index (χ3v) is 5.60. The SMILES string of the molecule is Cc1cc(C)c(NC(=O)CSc2nc(CC(=O)NCc3ccccc3)cc(=O)[nH]2)c(C)c1. The topological polar surface area (TPSA) is 104 Å². The standard InChI is InChI=1S/C24H26N4O3S/c1-15-9-16(2)23(17(3)10-15)27-22(31)14-32-24-26-19(12-21(30)28-24)11-20(29)25-13-18-7-5-4-6-8-18/h4-10,12H,11,13-14H2,1-3H3,(H,25,29)(H,27,31)(H,26,28,30). The number of hydrogen-bond acceptors (Lipinski definition) is 5. The molecule has 0 spiro atoms. The molecule has 0 saturated heterocycles. The number of aryl methyl sites for hydroxylation is 3. The second-order valence-corrected chi connectivity index (χ2v) is 8.56. The summed E-state index contributed by atoms with van der Waals surface area (Å²) >= 11 is 1.12. The van der Waals surface area contributed by atoms with Gasteiger partial charge < -0.3 is 15.6 Å². The minimum atomic E-state index is -0.362. The van der Waals surface area contributed by atoms with Crippen LogP contribution in [0.1, 0.15) is 27.9 Å². The molecule has 3 N–H and O–H groups in total. The first-order valence-corrected chi connectivity index (χ1v) is 11.2. The van der Waals surface area contributed by atoms with Crippen LogP contribution in [-0.2, 0) is 22.6 Å². The molecular formula is C24H26N4O3S. The van der Waals surface area contributed by atoms with Crippen LogP contribution in [0.4, 0.5) is 5.69 Å². The van der Waals surface area contributed by atoms with Crippen molar-refractivity contribution in [1.29, 1.82) is 0 Å². The third kappa shape index (κ3) is 6.81. The second kappa shape index (κ2) is 10.8. The van der Waals surface area contributed by atoms with Crippen molar-refractivity contribution in [2.24, 2.45) is 0 Å². The number of H-pyrrole nitrogens is 1. The van der Waals surface area contributed by atoms with Crippen LogP contribution < -0.4 is 16.2 Å². The minimum absolute atomic E-state index is 0.0156. The Balaban J connectivity index is 1.56. The third-order valence-electron chi connectivity index (χ3n) is 4.73. The summed E-state index contributed by atoms with van der Waals surface area (Å²) in [7, 11) is 0. The first-order chi connectivity index (χ1) is 15.3. The van der Waals surface area contributed by atoms with E-state index in [1.165, 1.54) is 6.07 Å². The average Bonchev–Trinajstić information content (AvgIpc) is 2.74. The monoisotopic (exact) mass is 450 g/mol. The molecule has 166 valence electrons. The number of nitrogens with one attached hydrogen (secondary N) is 3. The van der Waals surface area contributed by atoms with Gasteiger partial charge in [0.05, 0.1) is 17.9 Å². The van der Waals surface area contributed by atoms with E-state index in [0.29, 0.717) is 17.4 Å². The van der Waals surface area contributed by atoms with Crippen molar-refractivity contribution in [2.45, 2.75) is 38.9 Å². The highest BCUT2D eigenvalue weighted by molar-refractivity contribution is 7.99. The van der Waals surface area contributed by atoms with Gasteiger partial charge in [-0.3, -0.25) is 14.4 Å². The summed E-state index contributed by atoms with van der Waals surface area (Å²) < 4.78 is 0. The Morgan fingerprint density at radius 1 is 1.00 bits per heavy atom. The van der Waals surface area contributed by atoms with E-state index in [2.05, 4.69) is 20.6 Å². The largest absolute Gasteiger partial charge is 0.352 e. The molecule has 8 heteroatoms. The fourth-order valence-electron chi connectivity index (χ4n) is 3.35. The molecule has 7 nitrogen and oxygen atoms in total. The Bertz CT molecular complexity index is 1150. The molecule has 0 fully saturated rings. The highest BCUT2D eigenvalue weighted by Crippen LogP contribution is 2.22. The Hall–Kier alpha value is -3.39. The molecular weight excluding hydrogens is 424 g/mol. The lowest BCUT2D eigenvalue weighted by Gasteiger charge is -2.12. The summed E-state index contributed by atoms with van der Waals surface area (Å²) in [6.07, 6.45) is -0.0156. The van der Waals surface area contributed by atoms with Gasteiger partial charge in [-0.2, -0.15) is 0 Å². The fourth-order valence-corrected chi connectivity index (χ4v) is 4.05. The summed E-state index contributed by atoms with van der Waals surface area (Å²) in [5.74, 6) is -0.344. The van der Waals surface area contributed by atoms with E-state index in [9.17, 15) is 14.4 Å². The summed E-state index contributed by atoms with van der Waals surface area (Å²) in [5.41, 5.74) is 4.91. The number of carbonyl (C=O) groups excluding carboxylic acids is 2. The van der Waals surface area contributed by atoms with Crippen molar-refractivity contribution in [3.05, 3.63) is 86.8 Å². The first kappa shape index (κ1) is 23.3. The number of rotatable bonds is 8. The fraction of sp³-hybridized carbons (Fsp3) is 0.250. The molecule has 0 aliphatic heterocycles. The molecule has 3 rings (SSSR count). The van der Waals surface area contributed by atoms with E-state index in [0.717, 1.165) is 39.7 Å². The molecule has 0 saturated carbocycles. The molecule has 1 heterocycles. The number of anilines is 1. The van der Waals surface area contributed by atoms with Gasteiger partial charge in [-0.05, 0) is 37.5 Å². The maximum Gasteiger partial charge on any atom is 0.251 e. The van der Waals surface area contributed by atoms with Crippen LogP contribution in [0.25, 0.3) is 0 Å². The van der Waals surface area contributed by atoms with Crippen molar-refractivity contribution in [3.63, 3.8) is 0 Å². The molecule has 32 heavy (non-hydrogen) atoms. The van der Waals surface area contributed by atoms with E-state index >= 15 is 0 Å². The molecule has 0 unspecified atom stereocenters. The van der Waals surface area contributed by atoms with Crippen molar-refractivity contribution in [2.75, 3.05) is 11.1 Å². The van der Waals surface area contributed by atoms with Crippen molar-refractivity contribution >= 4 is 29.3 Å². The molecule has 0 aliphatic rings. The van der Waals surface area contributed by atoms with Crippen molar-refractivity contribution < 1.29 is 9.59 Å². The summed E-state index contributed by atoms with van der Waals surface area (Å²) in [4.78, 5) is 43.6. The summed E-state index contributed by atoms with van der Waals surface area (Å²) in [6.45, 7) is 6.32. The van der Waals surface area contributed by atoms with Gasteiger partial charge in [-0.25, -0.2) is 4.98 Å². The van der Waals surface area contributed by atoms with Crippen LogP contribution in [0, 0.1) is 20.8 Å². The quantitative estimate of drug-likeness (QED) is 0.361. The number of carbonyl (C=O) groups is 2. The van der Waals surface area contributed by atoms with Gasteiger partial charge in [0.1, 0.15) is 0 Å². The molecule has 1 aromatic heterocycles. The Labute approximate surface area is 191 Å². The molecule has 2 amide bonds. The van der Waals surface area contributed by atoms with Crippen LogP contribution in [-0.4, -0.2) is 27.5 Å². The van der Waals surface area contributed by atoms with Crippen LogP contribution in [0.15, 0.2) is 58.5 Å². The van der Waals surface area contributed by atoms with Crippen LogP contribution in [0.2, 0.25) is 0 Å². The molecule has 2 aromatic carbocycles. The van der Waals surface area contributed by atoms with Crippen LogP contribution in [0.3, 0.4) is 0 Å². The predicted molar refractivity (Wildman–Crippen MR) is 127 cm³/mol.